The first kappa shape index (κ1) is 12.0. The van der Waals surface area contributed by atoms with E-state index in [1.165, 1.54) is 10.6 Å². The van der Waals surface area contributed by atoms with Crippen LogP contribution in [0.5, 0.6) is 0 Å². The lowest BCUT2D eigenvalue weighted by molar-refractivity contribution is 0.940. The summed E-state index contributed by atoms with van der Waals surface area (Å²) in [6.07, 6.45) is 0. The summed E-state index contributed by atoms with van der Waals surface area (Å²) in [5.74, 6) is 0. The van der Waals surface area contributed by atoms with E-state index in [1.54, 1.807) is 11.3 Å². The summed E-state index contributed by atoms with van der Waals surface area (Å²) in [5.41, 5.74) is 1.19. The van der Waals surface area contributed by atoms with Crippen molar-refractivity contribution in [2.45, 2.75) is 6.54 Å². The minimum atomic E-state index is 0.845. The Bertz CT molecular complexity index is 483. The molecule has 0 aliphatic carbocycles. The highest BCUT2D eigenvalue weighted by Gasteiger charge is 2.04. The minimum Gasteiger partial charge on any atom is -0.369 e. The normalized spacial score (nSPS) is 10.4. The molecule has 1 heterocycles. The van der Waals surface area contributed by atoms with Gasteiger partial charge in [0.15, 0.2) is 0 Å². The van der Waals surface area contributed by atoms with Crippen molar-refractivity contribution in [3.8, 4) is 0 Å². The Hall–Kier alpha value is -0.510. The van der Waals surface area contributed by atoms with E-state index in [0.29, 0.717) is 0 Å². The first-order valence-corrected chi connectivity index (χ1v) is 6.85. The fraction of sp³-hybridized carbons (Fsp3) is 0.167. The predicted molar refractivity (Wildman–Crippen MR) is 75.6 cm³/mol. The quantitative estimate of drug-likeness (QED) is 0.786. The lowest BCUT2D eigenvalue weighted by atomic mass is 10.3. The Morgan fingerprint density at radius 3 is 2.75 bits per heavy atom. The van der Waals surface area contributed by atoms with Gasteiger partial charge in [-0.3, -0.25) is 0 Å². The van der Waals surface area contributed by atoms with Crippen molar-refractivity contribution >= 4 is 44.6 Å². The number of hydrogen-bond donors (Lipinski definition) is 0. The number of nitrogens with zero attached hydrogens (tertiary/aromatic N) is 1. The van der Waals surface area contributed by atoms with Crippen LogP contribution in [0.1, 0.15) is 4.88 Å². The molecule has 1 nitrogen and oxygen atoms in total. The van der Waals surface area contributed by atoms with Crippen molar-refractivity contribution in [2.24, 2.45) is 0 Å². The van der Waals surface area contributed by atoms with E-state index < -0.39 is 0 Å². The SMILES string of the molecule is CN(Cc1ccc(Cl)s1)c1cccc(Br)c1. The molecule has 1 aromatic carbocycles. The first-order chi connectivity index (χ1) is 7.65. The maximum Gasteiger partial charge on any atom is 0.0931 e. The molecular weight excluding hydrogens is 306 g/mol. The molecule has 2 aromatic rings. The topological polar surface area (TPSA) is 3.24 Å². The fourth-order valence-electron chi connectivity index (χ4n) is 1.48. The summed E-state index contributed by atoms with van der Waals surface area (Å²) < 4.78 is 1.94. The van der Waals surface area contributed by atoms with Crippen LogP contribution in [0.25, 0.3) is 0 Å². The van der Waals surface area contributed by atoms with Gasteiger partial charge in [-0.15, -0.1) is 11.3 Å². The van der Waals surface area contributed by atoms with Crippen molar-refractivity contribution in [3.05, 3.63) is 50.1 Å². The summed E-state index contributed by atoms with van der Waals surface area (Å²) in [4.78, 5) is 3.47. The monoisotopic (exact) mass is 315 g/mol. The van der Waals surface area contributed by atoms with E-state index >= 15 is 0 Å². The van der Waals surface area contributed by atoms with Gasteiger partial charge >= 0.3 is 0 Å². The van der Waals surface area contributed by atoms with Crippen LogP contribution >= 0.6 is 38.9 Å². The molecule has 0 aliphatic heterocycles. The average molecular weight is 317 g/mol. The molecule has 0 N–H and O–H groups in total. The van der Waals surface area contributed by atoms with E-state index in [4.69, 9.17) is 11.6 Å². The molecule has 0 bridgehead atoms. The first-order valence-electron chi connectivity index (χ1n) is 4.86. The molecule has 2 rings (SSSR count). The second-order valence-electron chi connectivity index (χ2n) is 3.54. The minimum absolute atomic E-state index is 0.845. The standard InChI is InChI=1S/C12H11BrClNS/c1-15(8-11-5-6-12(14)16-11)10-4-2-3-9(13)7-10/h2-7H,8H2,1H3. The molecule has 0 saturated heterocycles. The number of hydrogen-bond acceptors (Lipinski definition) is 2. The molecule has 0 spiro atoms. The number of anilines is 1. The van der Waals surface area contributed by atoms with Gasteiger partial charge in [0.25, 0.3) is 0 Å². The van der Waals surface area contributed by atoms with Crippen molar-refractivity contribution < 1.29 is 0 Å². The lowest BCUT2D eigenvalue weighted by Gasteiger charge is -2.18. The molecule has 0 atom stereocenters. The zero-order valence-electron chi connectivity index (χ0n) is 8.78. The Labute approximate surface area is 113 Å². The van der Waals surface area contributed by atoms with Crippen LogP contribution in [0.15, 0.2) is 40.9 Å². The van der Waals surface area contributed by atoms with E-state index in [1.807, 2.05) is 18.2 Å². The second-order valence-corrected chi connectivity index (χ2v) is 6.26. The maximum atomic E-state index is 5.91. The van der Waals surface area contributed by atoms with Crippen LogP contribution in [0.4, 0.5) is 5.69 Å². The van der Waals surface area contributed by atoms with Gasteiger partial charge in [-0.05, 0) is 30.3 Å². The molecule has 0 unspecified atom stereocenters. The lowest BCUT2D eigenvalue weighted by Crippen LogP contribution is -2.15. The third-order valence-corrected chi connectivity index (χ3v) is 3.98. The van der Waals surface area contributed by atoms with Crippen molar-refractivity contribution in [2.75, 3.05) is 11.9 Å². The van der Waals surface area contributed by atoms with Gasteiger partial charge in [-0.2, -0.15) is 0 Å². The largest absolute Gasteiger partial charge is 0.369 e. The highest BCUT2D eigenvalue weighted by Crippen LogP contribution is 2.25. The highest BCUT2D eigenvalue weighted by atomic mass is 79.9. The van der Waals surface area contributed by atoms with Crippen LogP contribution in [0, 0.1) is 0 Å². The number of thiophene rings is 1. The van der Waals surface area contributed by atoms with Gasteiger partial charge in [-0.25, -0.2) is 0 Å². The summed E-state index contributed by atoms with van der Waals surface area (Å²) in [5, 5.41) is 0. The molecule has 0 aliphatic rings. The highest BCUT2D eigenvalue weighted by molar-refractivity contribution is 9.10. The predicted octanol–water partition coefficient (Wildman–Crippen LogP) is 4.80. The number of benzene rings is 1. The summed E-state index contributed by atoms with van der Waals surface area (Å²) >= 11 is 11.0. The van der Waals surface area contributed by atoms with Gasteiger partial charge in [0, 0.05) is 22.1 Å². The maximum absolute atomic E-state index is 5.91. The number of rotatable bonds is 3. The molecule has 0 radical (unpaired) electrons. The average Bonchev–Trinajstić information content (AvgIpc) is 2.64. The van der Waals surface area contributed by atoms with Gasteiger partial charge in [0.05, 0.1) is 10.9 Å². The third kappa shape index (κ3) is 3.00. The smallest absolute Gasteiger partial charge is 0.0931 e. The van der Waals surface area contributed by atoms with Crippen molar-refractivity contribution in [1.82, 2.24) is 0 Å². The van der Waals surface area contributed by atoms with Gasteiger partial charge in [0.2, 0.25) is 0 Å². The van der Waals surface area contributed by atoms with Gasteiger partial charge in [-0.1, -0.05) is 33.6 Å². The Kier molecular flexibility index (Phi) is 3.90. The second kappa shape index (κ2) is 5.21. The summed E-state index contributed by atoms with van der Waals surface area (Å²) in [6.45, 7) is 0.883. The number of halogens is 2. The zero-order valence-corrected chi connectivity index (χ0v) is 11.9. The van der Waals surface area contributed by atoms with Crippen LogP contribution < -0.4 is 4.90 Å². The molecule has 0 amide bonds. The summed E-state index contributed by atoms with van der Waals surface area (Å²) in [7, 11) is 2.08. The van der Waals surface area contributed by atoms with Crippen molar-refractivity contribution in [1.29, 1.82) is 0 Å². The molecule has 16 heavy (non-hydrogen) atoms. The van der Waals surface area contributed by atoms with Crippen LogP contribution in [-0.4, -0.2) is 7.05 Å². The van der Waals surface area contributed by atoms with E-state index in [0.717, 1.165) is 15.4 Å². The van der Waals surface area contributed by atoms with Gasteiger partial charge in [0.1, 0.15) is 0 Å². The molecule has 84 valence electrons. The third-order valence-electron chi connectivity index (χ3n) is 2.27. The van der Waals surface area contributed by atoms with Crippen molar-refractivity contribution in [3.63, 3.8) is 0 Å². The van der Waals surface area contributed by atoms with Gasteiger partial charge < -0.3 is 4.90 Å². The molecule has 4 heteroatoms. The molecular formula is C12H11BrClNS. The fourth-order valence-corrected chi connectivity index (χ4v) is 3.00. The van der Waals surface area contributed by atoms with E-state index in [2.05, 4.69) is 46.1 Å². The Morgan fingerprint density at radius 2 is 2.12 bits per heavy atom. The van der Waals surface area contributed by atoms with Crippen LogP contribution in [-0.2, 0) is 6.54 Å². The van der Waals surface area contributed by atoms with E-state index in [9.17, 15) is 0 Å². The summed E-state index contributed by atoms with van der Waals surface area (Å²) in [6, 6.07) is 12.3. The Balaban J connectivity index is 2.11. The zero-order chi connectivity index (χ0) is 11.5. The molecule has 0 fully saturated rings. The Morgan fingerprint density at radius 1 is 1.31 bits per heavy atom. The van der Waals surface area contributed by atoms with E-state index in [-0.39, 0.29) is 0 Å². The van der Waals surface area contributed by atoms with Crippen LogP contribution in [0.3, 0.4) is 0 Å². The van der Waals surface area contributed by atoms with Crippen LogP contribution in [0.2, 0.25) is 4.34 Å². The molecule has 1 aromatic heterocycles. The molecule has 0 saturated carbocycles.